The first kappa shape index (κ1) is 15.6. The molecule has 0 unspecified atom stereocenters. The summed E-state index contributed by atoms with van der Waals surface area (Å²) >= 11 is 0. The van der Waals surface area contributed by atoms with Gasteiger partial charge in [0.25, 0.3) is 10.0 Å². The zero-order valence-electron chi connectivity index (χ0n) is 12.7. The molecule has 0 spiro atoms. The molecule has 1 heterocycles. The standard InChI is InChI=1S/C17H17NO4S/c1-2-22-17(19)12-15-14-10-6-7-11-16(14)23(20,21)18(15)13-8-4-3-5-9-13/h3-11,15H,2,12H2,1H3/t15-/m0/s1. The summed E-state index contributed by atoms with van der Waals surface area (Å²) < 4.78 is 32.1. The highest BCUT2D eigenvalue weighted by molar-refractivity contribution is 7.93. The van der Waals surface area contributed by atoms with Crippen LogP contribution in [0.5, 0.6) is 0 Å². The van der Waals surface area contributed by atoms with E-state index >= 15 is 0 Å². The minimum absolute atomic E-state index is 0.0149. The Balaban J connectivity index is 2.10. The van der Waals surface area contributed by atoms with Crippen LogP contribution in [0.2, 0.25) is 0 Å². The molecule has 3 rings (SSSR count). The van der Waals surface area contributed by atoms with Crippen molar-refractivity contribution in [1.82, 2.24) is 0 Å². The maximum Gasteiger partial charge on any atom is 0.308 e. The van der Waals surface area contributed by atoms with Gasteiger partial charge >= 0.3 is 5.97 Å². The van der Waals surface area contributed by atoms with Gasteiger partial charge in [-0.3, -0.25) is 9.10 Å². The van der Waals surface area contributed by atoms with Gasteiger partial charge in [-0.1, -0.05) is 36.4 Å². The lowest BCUT2D eigenvalue weighted by atomic mass is 10.0. The quantitative estimate of drug-likeness (QED) is 0.808. The highest BCUT2D eigenvalue weighted by Crippen LogP contribution is 2.44. The molecule has 120 valence electrons. The van der Waals surface area contributed by atoms with Crippen LogP contribution in [-0.2, 0) is 19.6 Å². The second kappa shape index (κ2) is 6.04. The molecule has 0 saturated heterocycles. The number of rotatable bonds is 4. The molecule has 2 aromatic carbocycles. The van der Waals surface area contributed by atoms with Crippen molar-refractivity contribution in [2.24, 2.45) is 0 Å². The Hall–Kier alpha value is -2.34. The van der Waals surface area contributed by atoms with Crippen molar-refractivity contribution in [2.45, 2.75) is 24.3 Å². The number of ether oxygens (including phenoxy) is 1. The van der Waals surface area contributed by atoms with E-state index in [9.17, 15) is 13.2 Å². The average Bonchev–Trinajstić information content (AvgIpc) is 2.76. The summed E-state index contributed by atoms with van der Waals surface area (Å²) in [5.74, 6) is -0.412. The van der Waals surface area contributed by atoms with Crippen molar-refractivity contribution < 1.29 is 17.9 Å². The van der Waals surface area contributed by atoms with Crippen LogP contribution in [0.15, 0.2) is 59.5 Å². The molecule has 6 heteroatoms. The van der Waals surface area contributed by atoms with Crippen molar-refractivity contribution in [3.05, 3.63) is 60.2 Å². The highest BCUT2D eigenvalue weighted by atomic mass is 32.2. The molecule has 0 bridgehead atoms. The van der Waals surface area contributed by atoms with E-state index < -0.39 is 22.0 Å². The van der Waals surface area contributed by atoms with Crippen molar-refractivity contribution >= 4 is 21.7 Å². The minimum Gasteiger partial charge on any atom is -0.466 e. The third-order valence-electron chi connectivity index (χ3n) is 3.77. The van der Waals surface area contributed by atoms with E-state index in [1.165, 1.54) is 4.31 Å². The number of esters is 1. The Kier molecular flexibility index (Phi) is 4.09. The number of para-hydroxylation sites is 1. The molecule has 1 atom stereocenters. The van der Waals surface area contributed by atoms with Crippen LogP contribution in [0.25, 0.3) is 0 Å². The lowest BCUT2D eigenvalue weighted by Crippen LogP contribution is -2.29. The normalized spacial score (nSPS) is 18.5. The van der Waals surface area contributed by atoms with Gasteiger partial charge in [-0.15, -0.1) is 0 Å². The second-order valence-electron chi connectivity index (χ2n) is 5.20. The summed E-state index contributed by atoms with van der Waals surface area (Å²) in [4.78, 5) is 12.2. The predicted molar refractivity (Wildman–Crippen MR) is 86.5 cm³/mol. The first-order valence-corrected chi connectivity index (χ1v) is 8.83. The third kappa shape index (κ3) is 2.70. The third-order valence-corrected chi connectivity index (χ3v) is 5.68. The Labute approximate surface area is 135 Å². The number of carbonyl (C=O) groups is 1. The van der Waals surface area contributed by atoms with Crippen LogP contribution in [-0.4, -0.2) is 21.0 Å². The summed E-state index contributed by atoms with van der Waals surface area (Å²) in [6.45, 7) is 2.00. The van der Waals surface area contributed by atoms with Gasteiger partial charge in [-0.2, -0.15) is 0 Å². The van der Waals surface area contributed by atoms with Gasteiger partial charge < -0.3 is 4.74 Å². The van der Waals surface area contributed by atoms with Crippen LogP contribution in [0, 0.1) is 0 Å². The Bertz CT molecular complexity index is 817. The van der Waals surface area contributed by atoms with Gasteiger partial charge in [0, 0.05) is 0 Å². The number of benzene rings is 2. The molecular formula is C17H17NO4S. The van der Waals surface area contributed by atoms with E-state index in [1.807, 2.05) is 6.07 Å². The smallest absolute Gasteiger partial charge is 0.308 e. The summed E-state index contributed by atoms with van der Waals surface area (Å²) in [5.41, 5.74) is 1.17. The number of hydrogen-bond donors (Lipinski definition) is 0. The number of anilines is 1. The molecule has 0 aromatic heterocycles. The van der Waals surface area contributed by atoms with Gasteiger partial charge in [-0.25, -0.2) is 8.42 Å². The second-order valence-corrected chi connectivity index (χ2v) is 6.98. The van der Waals surface area contributed by atoms with Gasteiger partial charge in [0.1, 0.15) is 0 Å². The zero-order chi connectivity index (χ0) is 16.4. The molecule has 1 aliphatic heterocycles. The fourth-order valence-electron chi connectivity index (χ4n) is 2.85. The number of hydrogen-bond acceptors (Lipinski definition) is 4. The molecular weight excluding hydrogens is 314 g/mol. The molecule has 0 saturated carbocycles. The molecule has 0 aliphatic carbocycles. The van der Waals surface area contributed by atoms with Gasteiger partial charge in [0.15, 0.2) is 0 Å². The van der Waals surface area contributed by atoms with E-state index in [-0.39, 0.29) is 17.9 Å². The predicted octanol–water partition coefficient (Wildman–Crippen LogP) is 2.89. The van der Waals surface area contributed by atoms with Crippen molar-refractivity contribution in [3.8, 4) is 0 Å². The van der Waals surface area contributed by atoms with Gasteiger partial charge in [-0.05, 0) is 30.7 Å². The summed E-state index contributed by atoms with van der Waals surface area (Å²) in [5, 5.41) is 0. The topological polar surface area (TPSA) is 63.7 Å². The molecule has 0 radical (unpaired) electrons. The Morgan fingerprint density at radius 3 is 2.43 bits per heavy atom. The molecule has 23 heavy (non-hydrogen) atoms. The molecule has 0 N–H and O–H groups in total. The zero-order valence-corrected chi connectivity index (χ0v) is 13.5. The average molecular weight is 331 g/mol. The number of fused-ring (bicyclic) bond motifs is 1. The van der Waals surface area contributed by atoms with E-state index in [2.05, 4.69) is 0 Å². The van der Waals surface area contributed by atoms with E-state index in [1.54, 1.807) is 55.5 Å². The largest absolute Gasteiger partial charge is 0.466 e. The van der Waals surface area contributed by atoms with Crippen LogP contribution >= 0.6 is 0 Å². The molecule has 5 nitrogen and oxygen atoms in total. The van der Waals surface area contributed by atoms with Gasteiger partial charge in [0.05, 0.1) is 29.7 Å². The first-order valence-electron chi connectivity index (χ1n) is 7.39. The number of nitrogens with zero attached hydrogens (tertiary/aromatic N) is 1. The van der Waals surface area contributed by atoms with Crippen molar-refractivity contribution in [2.75, 3.05) is 10.9 Å². The van der Waals surface area contributed by atoms with Crippen LogP contribution < -0.4 is 4.31 Å². The number of carbonyl (C=O) groups excluding carboxylic acids is 1. The molecule has 0 fully saturated rings. The Morgan fingerprint density at radius 2 is 1.74 bits per heavy atom. The van der Waals surface area contributed by atoms with E-state index in [4.69, 9.17) is 4.74 Å². The van der Waals surface area contributed by atoms with Crippen molar-refractivity contribution in [1.29, 1.82) is 0 Å². The van der Waals surface area contributed by atoms with Crippen molar-refractivity contribution in [3.63, 3.8) is 0 Å². The summed E-state index contributed by atoms with van der Waals surface area (Å²) in [6.07, 6.45) is -0.0149. The first-order chi connectivity index (χ1) is 11.1. The number of sulfonamides is 1. The van der Waals surface area contributed by atoms with E-state index in [0.29, 0.717) is 11.3 Å². The summed E-state index contributed by atoms with van der Waals surface area (Å²) in [6, 6.07) is 15.0. The van der Waals surface area contributed by atoms with Crippen LogP contribution in [0.1, 0.15) is 24.9 Å². The maximum absolute atomic E-state index is 12.9. The van der Waals surface area contributed by atoms with Crippen LogP contribution in [0.3, 0.4) is 0 Å². The van der Waals surface area contributed by atoms with Gasteiger partial charge in [0.2, 0.25) is 0 Å². The summed E-state index contributed by atoms with van der Waals surface area (Å²) in [7, 11) is -3.68. The molecule has 2 aromatic rings. The van der Waals surface area contributed by atoms with E-state index in [0.717, 1.165) is 0 Å². The lowest BCUT2D eigenvalue weighted by Gasteiger charge is -2.25. The monoisotopic (exact) mass is 331 g/mol. The Morgan fingerprint density at radius 1 is 1.09 bits per heavy atom. The molecule has 1 aliphatic rings. The maximum atomic E-state index is 12.9. The fourth-order valence-corrected chi connectivity index (χ4v) is 4.74. The van der Waals surface area contributed by atoms with Crippen LogP contribution in [0.4, 0.5) is 5.69 Å². The lowest BCUT2D eigenvalue weighted by molar-refractivity contribution is -0.143. The highest BCUT2D eigenvalue weighted by Gasteiger charge is 2.43. The minimum atomic E-state index is -3.68. The fraction of sp³-hybridized carbons (Fsp3) is 0.235. The SMILES string of the molecule is CCOC(=O)C[C@H]1c2ccccc2S(=O)(=O)N1c1ccccc1. The molecule has 0 amide bonds.